The van der Waals surface area contributed by atoms with Crippen molar-refractivity contribution in [2.24, 2.45) is 16.3 Å². The fraction of sp³-hybridized carbons (Fsp3) is 0.905. The first-order chi connectivity index (χ1) is 13.7. The van der Waals surface area contributed by atoms with Crippen LogP contribution in [0.3, 0.4) is 0 Å². The maximum absolute atomic E-state index is 12.6. The first-order valence-electron chi connectivity index (χ1n) is 11.3. The molecular formula is C21H35IN4O3. The van der Waals surface area contributed by atoms with E-state index in [2.05, 4.69) is 17.1 Å². The lowest BCUT2D eigenvalue weighted by Crippen LogP contribution is -2.73. The van der Waals surface area contributed by atoms with Crippen molar-refractivity contribution in [1.82, 2.24) is 15.1 Å². The number of nitrogens with zero attached hydrogens (tertiary/aromatic N) is 3. The van der Waals surface area contributed by atoms with E-state index in [1.807, 2.05) is 4.90 Å². The molecule has 3 aliphatic heterocycles. The highest BCUT2D eigenvalue weighted by Crippen LogP contribution is 2.62. The molecule has 5 rings (SSSR count). The van der Waals surface area contributed by atoms with Crippen molar-refractivity contribution in [2.75, 3.05) is 45.9 Å². The first-order valence-corrected chi connectivity index (χ1v) is 11.3. The lowest BCUT2D eigenvalue weighted by molar-refractivity contribution is -0.171. The highest BCUT2D eigenvalue weighted by molar-refractivity contribution is 14.0. The van der Waals surface area contributed by atoms with Crippen molar-refractivity contribution < 1.29 is 14.3 Å². The Morgan fingerprint density at radius 3 is 2.45 bits per heavy atom. The van der Waals surface area contributed by atoms with E-state index in [4.69, 9.17) is 14.5 Å². The molecule has 0 aromatic rings. The van der Waals surface area contributed by atoms with E-state index in [-0.39, 0.29) is 36.0 Å². The van der Waals surface area contributed by atoms with E-state index in [0.717, 1.165) is 64.7 Å². The largest absolute Gasteiger partial charge is 0.377 e. The van der Waals surface area contributed by atoms with Gasteiger partial charge in [0.1, 0.15) is 6.10 Å². The Kier molecular flexibility index (Phi) is 6.61. The molecule has 0 aromatic heterocycles. The summed E-state index contributed by atoms with van der Waals surface area (Å²) in [4.78, 5) is 21.8. The summed E-state index contributed by atoms with van der Waals surface area (Å²) >= 11 is 0. The molecule has 0 radical (unpaired) electrons. The van der Waals surface area contributed by atoms with Crippen LogP contribution in [0.25, 0.3) is 0 Å². The molecule has 3 heterocycles. The Hall–Kier alpha value is -0.610. The molecule has 2 aliphatic carbocycles. The van der Waals surface area contributed by atoms with Crippen LogP contribution in [-0.4, -0.2) is 85.9 Å². The van der Waals surface area contributed by atoms with Gasteiger partial charge in [-0.1, -0.05) is 6.42 Å². The van der Waals surface area contributed by atoms with Crippen LogP contribution in [0, 0.1) is 11.3 Å². The van der Waals surface area contributed by atoms with Gasteiger partial charge in [-0.3, -0.25) is 9.79 Å². The fourth-order valence-electron chi connectivity index (χ4n) is 6.10. The molecule has 0 bridgehead atoms. The highest BCUT2D eigenvalue weighted by atomic mass is 127. The van der Waals surface area contributed by atoms with Crippen LogP contribution >= 0.6 is 24.0 Å². The van der Waals surface area contributed by atoms with E-state index in [9.17, 15) is 4.79 Å². The molecule has 5 aliphatic rings. The van der Waals surface area contributed by atoms with E-state index in [1.54, 1.807) is 0 Å². The Morgan fingerprint density at radius 1 is 1.07 bits per heavy atom. The van der Waals surface area contributed by atoms with E-state index in [0.29, 0.717) is 23.5 Å². The predicted octanol–water partition coefficient (Wildman–Crippen LogP) is 1.85. The summed E-state index contributed by atoms with van der Waals surface area (Å²) in [6.45, 7) is 7.72. The van der Waals surface area contributed by atoms with Crippen LogP contribution in [0.2, 0.25) is 0 Å². The average molecular weight is 518 g/mol. The molecule has 8 heteroatoms. The monoisotopic (exact) mass is 518 g/mol. The molecule has 1 amide bonds. The standard InChI is InChI=1S/C21H34N4O3.HI/c1-2-22-20(23-17-15-6-14-28-18(15)21(17)7-4-8-21)25-11-9-24(10-12-25)19(26)16-5-3-13-27-16;/h15-18H,2-14H2,1H3,(H,22,23);1H. The molecule has 7 nitrogen and oxygen atoms in total. The number of ether oxygens (including phenoxy) is 2. The van der Waals surface area contributed by atoms with E-state index >= 15 is 0 Å². The van der Waals surface area contributed by atoms with E-state index < -0.39 is 0 Å². The molecular weight excluding hydrogens is 483 g/mol. The van der Waals surface area contributed by atoms with Crippen molar-refractivity contribution in [3.05, 3.63) is 0 Å². The van der Waals surface area contributed by atoms with Gasteiger partial charge in [-0.15, -0.1) is 24.0 Å². The molecule has 5 fully saturated rings. The van der Waals surface area contributed by atoms with Crippen LogP contribution in [0.1, 0.15) is 45.4 Å². The molecule has 29 heavy (non-hydrogen) atoms. The zero-order valence-electron chi connectivity index (χ0n) is 17.5. The van der Waals surface area contributed by atoms with Crippen LogP contribution in [0.4, 0.5) is 0 Å². The third-order valence-corrected chi connectivity index (χ3v) is 7.72. The number of fused-ring (bicyclic) bond motifs is 2. The Morgan fingerprint density at radius 2 is 1.83 bits per heavy atom. The van der Waals surface area contributed by atoms with Gasteiger partial charge in [0.05, 0.1) is 6.10 Å². The van der Waals surface area contributed by atoms with Crippen molar-refractivity contribution in [1.29, 1.82) is 0 Å². The number of halogens is 1. The predicted molar refractivity (Wildman–Crippen MR) is 122 cm³/mol. The molecule has 1 N–H and O–H groups in total. The maximum atomic E-state index is 12.6. The Bertz CT molecular complexity index is 627. The summed E-state index contributed by atoms with van der Waals surface area (Å²) < 4.78 is 11.7. The van der Waals surface area contributed by atoms with Gasteiger partial charge in [0.25, 0.3) is 5.91 Å². The molecule has 3 saturated heterocycles. The number of carbonyl (C=O) groups excluding carboxylic acids is 1. The van der Waals surface area contributed by atoms with Crippen LogP contribution in [0.15, 0.2) is 4.99 Å². The van der Waals surface area contributed by atoms with Gasteiger partial charge in [-0.25, -0.2) is 0 Å². The minimum absolute atomic E-state index is 0. The Balaban J connectivity index is 0.00000205. The summed E-state index contributed by atoms with van der Waals surface area (Å²) in [5.41, 5.74) is 0.354. The van der Waals surface area contributed by atoms with Gasteiger partial charge < -0.3 is 24.6 Å². The minimum atomic E-state index is -0.207. The van der Waals surface area contributed by atoms with Crippen molar-refractivity contribution in [3.8, 4) is 0 Å². The first kappa shape index (κ1) is 21.6. The molecule has 4 atom stereocenters. The van der Waals surface area contributed by atoms with Gasteiger partial charge >= 0.3 is 0 Å². The third kappa shape index (κ3) is 3.67. The number of guanidine groups is 1. The Labute approximate surface area is 191 Å². The number of hydrogen-bond donors (Lipinski definition) is 1. The van der Waals surface area contributed by atoms with Crippen molar-refractivity contribution in [2.45, 2.75) is 63.7 Å². The number of aliphatic imine (C=N–C) groups is 1. The summed E-state index contributed by atoms with van der Waals surface area (Å²) in [6, 6.07) is 0.505. The smallest absolute Gasteiger partial charge is 0.251 e. The second-order valence-corrected chi connectivity index (χ2v) is 9.06. The summed E-state index contributed by atoms with van der Waals surface area (Å²) in [5, 5.41) is 3.86. The van der Waals surface area contributed by atoms with Gasteiger partial charge in [0.2, 0.25) is 0 Å². The quantitative estimate of drug-likeness (QED) is 0.351. The molecule has 4 unspecified atom stereocenters. The second kappa shape index (κ2) is 8.86. The molecule has 164 valence electrons. The number of piperazine rings is 1. The number of hydrogen-bond acceptors (Lipinski definition) is 4. The van der Waals surface area contributed by atoms with E-state index in [1.165, 1.54) is 25.7 Å². The normalized spacial score (nSPS) is 35.6. The lowest BCUT2D eigenvalue weighted by Gasteiger charge is -2.63. The fourth-order valence-corrected chi connectivity index (χ4v) is 6.10. The van der Waals surface area contributed by atoms with Gasteiger partial charge in [-0.05, 0) is 39.0 Å². The van der Waals surface area contributed by atoms with Crippen LogP contribution in [-0.2, 0) is 14.3 Å². The van der Waals surface area contributed by atoms with Gasteiger partial charge in [-0.2, -0.15) is 0 Å². The topological polar surface area (TPSA) is 66.4 Å². The second-order valence-electron chi connectivity index (χ2n) is 9.06. The molecule has 0 aromatic carbocycles. The summed E-state index contributed by atoms with van der Waals surface area (Å²) in [7, 11) is 0. The zero-order valence-corrected chi connectivity index (χ0v) is 19.8. The lowest BCUT2D eigenvalue weighted by atomic mass is 9.46. The molecule has 2 saturated carbocycles. The number of carbonyl (C=O) groups is 1. The third-order valence-electron chi connectivity index (χ3n) is 7.72. The van der Waals surface area contributed by atoms with Gasteiger partial charge in [0, 0.05) is 63.3 Å². The molecule has 1 spiro atoms. The van der Waals surface area contributed by atoms with Crippen molar-refractivity contribution >= 4 is 35.8 Å². The number of amides is 1. The maximum Gasteiger partial charge on any atom is 0.251 e. The highest BCUT2D eigenvalue weighted by Gasteiger charge is 2.66. The summed E-state index contributed by atoms with van der Waals surface area (Å²) in [5.74, 6) is 1.86. The number of nitrogens with one attached hydrogen (secondary N) is 1. The van der Waals surface area contributed by atoms with Gasteiger partial charge in [0.15, 0.2) is 5.96 Å². The average Bonchev–Trinajstić information content (AvgIpc) is 3.34. The minimum Gasteiger partial charge on any atom is -0.377 e. The SMILES string of the molecule is CCN=C(NC1C2CCOC2C12CCC2)N1CCN(C(=O)C2CCCO2)CC1.I. The van der Waals surface area contributed by atoms with Crippen LogP contribution in [0.5, 0.6) is 0 Å². The van der Waals surface area contributed by atoms with Crippen molar-refractivity contribution in [3.63, 3.8) is 0 Å². The van der Waals surface area contributed by atoms with Crippen LogP contribution < -0.4 is 5.32 Å². The summed E-state index contributed by atoms with van der Waals surface area (Å²) in [6.07, 6.45) is 7.22. The number of rotatable bonds is 3. The zero-order chi connectivity index (χ0) is 19.1.